The Morgan fingerprint density at radius 2 is 2.56 bits per heavy atom. The van der Waals surface area contributed by atoms with Crippen LogP contribution in [-0.4, -0.2) is 38.3 Å². The van der Waals surface area contributed by atoms with Crippen molar-refractivity contribution in [3.63, 3.8) is 0 Å². The number of carbonyl (C=O) groups is 1. The zero-order valence-corrected chi connectivity index (χ0v) is 9.63. The first-order valence-electron chi connectivity index (χ1n) is 6.14. The third kappa shape index (κ3) is 3.32. The molecule has 2 N–H and O–H groups in total. The van der Waals surface area contributed by atoms with Crippen LogP contribution in [0.4, 0.5) is 0 Å². The minimum Gasteiger partial charge on any atom is -0.366 e. The average Bonchev–Trinajstić information content (AvgIpc) is 2.83. The Morgan fingerprint density at radius 3 is 3.25 bits per heavy atom. The van der Waals surface area contributed by atoms with E-state index in [1.807, 2.05) is 0 Å². The van der Waals surface area contributed by atoms with E-state index in [9.17, 15) is 4.79 Å². The monoisotopic (exact) mass is 224 g/mol. The maximum absolute atomic E-state index is 11.7. The summed E-state index contributed by atoms with van der Waals surface area (Å²) in [5, 5.41) is 6.08. The van der Waals surface area contributed by atoms with Crippen molar-refractivity contribution < 1.29 is 9.53 Å². The lowest BCUT2D eigenvalue weighted by molar-refractivity contribution is -0.134. The van der Waals surface area contributed by atoms with E-state index in [0.717, 1.165) is 19.5 Å². The first-order valence-corrected chi connectivity index (χ1v) is 6.14. The Labute approximate surface area is 96.4 Å². The summed E-state index contributed by atoms with van der Waals surface area (Å²) in [6, 6.07) is 0. The number of nitrogens with one attached hydrogen (secondary N) is 2. The van der Waals surface area contributed by atoms with Gasteiger partial charge in [0.25, 0.3) is 0 Å². The SMILES string of the molecule is O=C(NCCC1=CCCC1)C1CNCCO1. The van der Waals surface area contributed by atoms with Crippen LogP contribution < -0.4 is 10.6 Å². The summed E-state index contributed by atoms with van der Waals surface area (Å²) in [6.07, 6.45) is 6.68. The molecule has 1 aliphatic carbocycles. The van der Waals surface area contributed by atoms with Crippen LogP contribution in [-0.2, 0) is 9.53 Å². The second kappa shape index (κ2) is 6.01. The third-order valence-corrected chi connectivity index (χ3v) is 3.10. The van der Waals surface area contributed by atoms with Gasteiger partial charge in [0.05, 0.1) is 6.61 Å². The molecule has 1 saturated heterocycles. The molecule has 1 heterocycles. The Balaban J connectivity index is 1.63. The highest BCUT2D eigenvalue weighted by molar-refractivity contribution is 5.81. The van der Waals surface area contributed by atoms with Crippen molar-refractivity contribution in [1.82, 2.24) is 10.6 Å². The number of amides is 1. The quantitative estimate of drug-likeness (QED) is 0.687. The fraction of sp³-hybridized carbons (Fsp3) is 0.750. The molecule has 2 rings (SSSR count). The fourth-order valence-electron chi connectivity index (χ4n) is 2.16. The van der Waals surface area contributed by atoms with E-state index in [1.54, 1.807) is 0 Å². The molecule has 1 unspecified atom stereocenters. The van der Waals surface area contributed by atoms with E-state index in [1.165, 1.54) is 24.8 Å². The van der Waals surface area contributed by atoms with Crippen LogP contribution >= 0.6 is 0 Å². The summed E-state index contributed by atoms with van der Waals surface area (Å²) in [5.41, 5.74) is 1.49. The Hall–Kier alpha value is -0.870. The van der Waals surface area contributed by atoms with Gasteiger partial charge in [0.15, 0.2) is 0 Å². The molecule has 90 valence electrons. The van der Waals surface area contributed by atoms with Gasteiger partial charge in [-0.1, -0.05) is 11.6 Å². The number of hydrogen-bond donors (Lipinski definition) is 2. The molecule has 0 bridgehead atoms. The first-order chi connectivity index (χ1) is 7.86. The summed E-state index contributed by atoms with van der Waals surface area (Å²) in [7, 11) is 0. The van der Waals surface area contributed by atoms with Crippen LogP contribution in [0.1, 0.15) is 25.7 Å². The van der Waals surface area contributed by atoms with E-state index < -0.39 is 0 Å². The third-order valence-electron chi connectivity index (χ3n) is 3.10. The van der Waals surface area contributed by atoms with E-state index >= 15 is 0 Å². The summed E-state index contributed by atoms with van der Waals surface area (Å²) < 4.78 is 5.37. The van der Waals surface area contributed by atoms with Crippen LogP contribution in [0.25, 0.3) is 0 Å². The molecular weight excluding hydrogens is 204 g/mol. The Morgan fingerprint density at radius 1 is 1.62 bits per heavy atom. The largest absolute Gasteiger partial charge is 0.366 e. The zero-order chi connectivity index (χ0) is 11.2. The molecule has 0 radical (unpaired) electrons. The van der Waals surface area contributed by atoms with Gasteiger partial charge in [-0.15, -0.1) is 0 Å². The lowest BCUT2D eigenvalue weighted by atomic mass is 10.1. The maximum atomic E-state index is 11.7. The molecule has 16 heavy (non-hydrogen) atoms. The fourth-order valence-corrected chi connectivity index (χ4v) is 2.16. The van der Waals surface area contributed by atoms with Gasteiger partial charge in [0, 0.05) is 19.6 Å². The van der Waals surface area contributed by atoms with Crippen molar-refractivity contribution in [3.8, 4) is 0 Å². The van der Waals surface area contributed by atoms with Crippen LogP contribution in [0.15, 0.2) is 11.6 Å². The predicted molar refractivity (Wildman–Crippen MR) is 62.2 cm³/mol. The minimum absolute atomic E-state index is 0.0193. The van der Waals surface area contributed by atoms with Gasteiger partial charge in [-0.2, -0.15) is 0 Å². The molecule has 0 saturated carbocycles. The summed E-state index contributed by atoms with van der Waals surface area (Å²) in [4.78, 5) is 11.7. The van der Waals surface area contributed by atoms with Gasteiger partial charge in [0.1, 0.15) is 6.10 Å². The van der Waals surface area contributed by atoms with Crippen LogP contribution in [0.3, 0.4) is 0 Å². The zero-order valence-electron chi connectivity index (χ0n) is 9.63. The highest BCUT2D eigenvalue weighted by Gasteiger charge is 2.21. The Bertz CT molecular complexity index is 270. The van der Waals surface area contributed by atoms with Crippen molar-refractivity contribution in [2.24, 2.45) is 0 Å². The Kier molecular flexibility index (Phi) is 4.36. The van der Waals surface area contributed by atoms with Gasteiger partial charge in [-0.05, 0) is 25.7 Å². The van der Waals surface area contributed by atoms with Gasteiger partial charge in [0.2, 0.25) is 5.91 Å². The smallest absolute Gasteiger partial charge is 0.250 e. The van der Waals surface area contributed by atoms with E-state index in [0.29, 0.717) is 13.2 Å². The summed E-state index contributed by atoms with van der Waals surface area (Å²) in [5.74, 6) is 0.0193. The second-order valence-electron chi connectivity index (χ2n) is 4.36. The van der Waals surface area contributed by atoms with Crippen LogP contribution in [0, 0.1) is 0 Å². The maximum Gasteiger partial charge on any atom is 0.250 e. The van der Waals surface area contributed by atoms with Crippen molar-refractivity contribution in [2.75, 3.05) is 26.2 Å². The molecular formula is C12H20N2O2. The highest BCUT2D eigenvalue weighted by Crippen LogP contribution is 2.19. The van der Waals surface area contributed by atoms with Gasteiger partial charge in [-0.3, -0.25) is 4.79 Å². The van der Waals surface area contributed by atoms with E-state index in [4.69, 9.17) is 4.74 Å². The number of hydrogen-bond acceptors (Lipinski definition) is 3. The predicted octanol–water partition coefficient (Wildman–Crippen LogP) is 0.591. The topological polar surface area (TPSA) is 50.4 Å². The van der Waals surface area contributed by atoms with Gasteiger partial charge >= 0.3 is 0 Å². The summed E-state index contributed by atoms with van der Waals surface area (Å²) >= 11 is 0. The van der Waals surface area contributed by atoms with Crippen molar-refractivity contribution in [3.05, 3.63) is 11.6 Å². The van der Waals surface area contributed by atoms with Gasteiger partial charge in [-0.25, -0.2) is 0 Å². The minimum atomic E-state index is -0.300. The normalized spacial score (nSPS) is 25.2. The number of rotatable bonds is 4. The molecule has 0 aromatic rings. The number of morpholine rings is 1. The van der Waals surface area contributed by atoms with Crippen LogP contribution in [0.5, 0.6) is 0 Å². The second-order valence-corrected chi connectivity index (χ2v) is 4.36. The molecule has 1 amide bonds. The first kappa shape index (κ1) is 11.6. The average molecular weight is 224 g/mol. The van der Waals surface area contributed by atoms with E-state index in [-0.39, 0.29) is 12.0 Å². The molecule has 2 aliphatic rings. The molecule has 0 aromatic heterocycles. The molecule has 4 heteroatoms. The molecule has 1 aliphatic heterocycles. The van der Waals surface area contributed by atoms with Gasteiger partial charge < -0.3 is 15.4 Å². The lowest BCUT2D eigenvalue weighted by Crippen LogP contribution is -2.48. The van der Waals surface area contributed by atoms with Crippen molar-refractivity contribution in [2.45, 2.75) is 31.8 Å². The van der Waals surface area contributed by atoms with E-state index in [2.05, 4.69) is 16.7 Å². The molecule has 1 fully saturated rings. The van der Waals surface area contributed by atoms with Crippen LogP contribution in [0.2, 0.25) is 0 Å². The highest BCUT2D eigenvalue weighted by atomic mass is 16.5. The molecule has 1 atom stereocenters. The van der Waals surface area contributed by atoms with Crippen molar-refractivity contribution >= 4 is 5.91 Å². The lowest BCUT2D eigenvalue weighted by Gasteiger charge is -2.22. The van der Waals surface area contributed by atoms with Crippen molar-refractivity contribution in [1.29, 1.82) is 0 Å². The number of carbonyl (C=O) groups excluding carboxylic acids is 1. The number of ether oxygens (including phenoxy) is 1. The number of allylic oxidation sites excluding steroid dienone is 1. The molecule has 0 aromatic carbocycles. The summed E-state index contributed by atoms with van der Waals surface area (Å²) in [6.45, 7) is 2.85. The molecule has 0 spiro atoms. The standard InChI is InChI=1S/C12H20N2O2/c15-12(11-9-13-7-8-16-11)14-6-5-10-3-1-2-4-10/h3,11,13H,1-2,4-9H2,(H,14,15). The molecule has 4 nitrogen and oxygen atoms in total.